The Hall–Kier alpha value is -0.610. The first-order valence-corrected chi connectivity index (χ1v) is 9.36. The lowest BCUT2D eigenvalue weighted by molar-refractivity contribution is 0.532. The molecular weight excluding hydrogens is 278 g/mol. The van der Waals surface area contributed by atoms with E-state index in [0.29, 0.717) is 11.8 Å². The molecule has 1 aromatic heterocycles. The number of hydrogen-bond acceptors (Lipinski definition) is 4. The molecule has 3 nitrogen and oxygen atoms in total. The van der Waals surface area contributed by atoms with Crippen LogP contribution in [-0.2, 0) is 6.54 Å². The van der Waals surface area contributed by atoms with Crippen molar-refractivity contribution in [3.63, 3.8) is 0 Å². The Bertz CT molecular complexity index is 408. The fourth-order valence-corrected chi connectivity index (χ4v) is 3.90. The Balaban J connectivity index is 1.97. The molecule has 0 saturated heterocycles. The summed E-state index contributed by atoms with van der Waals surface area (Å²) >= 11 is 1.82. The van der Waals surface area contributed by atoms with Crippen LogP contribution in [0, 0.1) is 11.8 Å². The molecule has 0 amide bonds. The van der Waals surface area contributed by atoms with Gasteiger partial charge < -0.3 is 10.2 Å². The summed E-state index contributed by atoms with van der Waals surface area (Å²) in [5, 5.41) is 6.95. The average molecular weight is 310 g/mol. The maximum Gasteiger partial charge on any atom is 0.185 e. The lowest BCUT2D eigenvalue weighted by Crippen LogP contribution is -2.36. The topological polar surface area (TPSA) is 28.2 Å². The zero-order valence-electron chi connectivity index (χ0n) is 14.1. The van der Waals surface area contributed by atoms with Crippen LogP contribution in [-0.4, -0.2) is 24.1 Å². The predicted molar refractivity (Wildman–Crippen MR) is 93.1 cm³/mol. The molecular formula is C17H31N3S. The van der Waals surface area contributed by atoms with Gasteiger partial charge in [0, 0.05) is 24.5 Å². The molecule has 21 heavy (non-hydrogen) atoms. The van der Waals surface area contributed by atoms with E-state index in [4.69, 9.17) is 4.98 Å². The Morgan fingerprint density at radius 2 is 1.95 bits per heavy atom. The zero-order valence-corrected chi connectivity index (χ0v) is 14.9. The van der Waals surface area contributed by atoms with Gasteiger partial charge in [0.1, 0.15) is 0 Å². The van der Waals surface area contributed by atoms with Crippen LogP contribution >= 0.6 is 11.3 Å². The molecule has 1 N–H and O–H groups in total. The number of nitrogens with one attached hydrogen (secondary N) is 1. The van der Waals surface area contributed by atoms with Crippen LogP contribution in [0.25, 0.3) is 0 Å². The highest BCUT2D eigenvalue weighted by molar-refractivity contribution is 7.13. The normalized spacial score (nSPS) is 16.3. The third-order valence-electron chi connectivity index (χ3n) is 3.97. The summed E-state index contributed by atoms with van der Waals surface area (Å²) in [6.07, 6.45) is 5.45. The van der Waals surface area contributed by atoms with Crippen molar-refractivity contribution in [3.8, 4) is 0 Å². The van der Waals surface area contributed by atoms with Crippen LogP contribution in [0.2, 0.25) is 0 Å². The predicted octanol–water partition coefficient (Wildman–Crippen LogP) is 4.29. The van der Waals surface area contributed by atoms with Crippen LogP contribution in [0.3, 0.4) is 0 Å². The number of aromatic nitrogens is 1. The van der Waals surface area contributed by atoms with Crippen LogP contribution in [0.5, 0.6) is 0 Å². The van der Waals surface area contributed by atoms with Crippen molar-refractivity contribution < 1.29 is 0 Å². The van der Waals surface area contributed by atoms with E-state index in [1.54, 1.807) is 0 Å². The summed E-state index contributed by atoms with van der Waals surface area (Å²) in [5.41, 5.74) is 1.20. The minimum Gasteiger partial charge on any atom is -0.345 e. The molecule has 1 saturated carbocycles. The van der Waals surface area contributed by atoms with Gasteiger partial charge in [0.2, 0.25) is 0 Å². The Morgan fingerprint density at radius 3 is 2.57 bits per heavy atom. The van der Waals surface area contributed by atoms with Crippen LogP contribution in [0.4, 0.5) is 5.13 Å². The third-order valence-corrected chi connectivity index (χ3v) is 4.90. The summed E-state index contributed by atoms with van der Waals surface area (Å²) < 4.78 is 0. The summed E-state index contributed by atoms with van der Waals surface area (Å²) in [5.74, 6) is 1.39. The quantitative estimate of drug-likeness (QED) is 0.776. The van der Waals surface area contributed by atoms with Gasteiger partial charge >= 0.3 is 0 Å². The lowest BCUT2D eigenvalue weighted by atomic mass is 10.1. The van der Waals surface area contributed by atoms with Crippen molar-refractivity contribution in [1.29, 1.82) is 0 Å². The fourth-order valence-electron chi connectivity index (χ4n) is 2.99. The van der Waals surface area contributed by atoms with Gasteiger partial charge in [0.15, 0.2) is 5.13 Å². The van der Waals surface area contributed by atoms with Gasteiger partial charge in [-0.2, -0.15) is 0 Å². The molecule has 0 radical (unpaired) electrons. The minimum atomic E-state index is 0.692. The van der Waals surface area contributed by atoms with E-state index >= 15 is 0 Å². The van der Waals surface area contributed by atoms with Crippen LogP contribution in [0.15, 0.2) is 5.38 Å². The number of nitrogens with zero attached hydrogens (tertiary/aromatic N) is 2. The molecule has 120 valence electrons. The standard InChI is InChI=1S/C17H31N3S/c1-13(2)9-18-10-15-12-21-17(19-15)20(11-14(3)4)16-7-5-6-8-16/h12-14,16,18H,5-11H2,1-4H3. The van der Waals surface area contributed by atoms with E-state index in [9.17, 15) is 0 Å². The second kappa shape index (κ2) is 8.14. The van der Waals surface area contributed by atoms with E-state index in [1.807, 2.05) is 11.3 Å². The zero-order chi connectivity index (χ0) is 15.2. The molecule has 2 rings (SSSR count). The average Bonchev–Trinajstić information content (AvgIpc) is 3.07. The van der Waals surface area contributed by atoms with Gasteiger partial charge in [-0.25, -0.2) is 4.98 Å². The summed E-state index contributed by atoms with van der Waals surface area (Å²) in [7, 11) is 0. The minimum absolute atomic E-state index is 0.692. The molecule has 1 aliphatic carbocycles. The summed E-state index contributed by atoms with van der Waals surface area (Å²) in [6, 6.07) is 0.718. The van der Waals surface area contributed by atoms with E-state index in [2.05, 4.69) is 43.3 Å². The van der Waals surface area contributed by atoms with Gasteiger partial charge in [-0.1, -0.05) is 40.5 Å². The van der Waals surface area contributed by atoms with Gasteiger partial charge in [-0.15, -0.1) is 11.3 Å². The summed E-state index contributed by atoms with van der Waals surface area (Å²) in [6.45, 7) is 12.2. The smallest absolute Gasteiger partial charge is 0.185 e. The van der Waals surface area contributed by atoms with Crippen LogP contribution in [0.1, 0.15) is 59.1 Å². The molecule has 1 aromatic rings. The van der Waals surface area contributed by atoms with E-state index in [1.165, 1.54) is 36.5 Å². The van der Waals surface area contributed by atoms with Crippen molar-refractivity contribution in [2.24, 2.45) is 11.8 Å². The second-order valence-corrected chi connectivity index (χ2v) is 7.97. The van der Waals surface area contributed by atoms with Gasteiger partial charge in [0.05, 0.1) is 5.69 Å². The second-order valence-electron chi connectivity index (χ2n) is 7.13. The molecule has 0 unspecified atom stereocenters. The molecule has 1 aliphatic rings. The van der Waals surface area contributed by atoms with Crippen molar-refractivity contribution in [2.75, 3.05) is 18.0 Å². The molecule has 4 heteroatoms. The number of rotatable bonds is 8. The highest BCUT2D eigenvalue weighted by Crippen LogP contribution is 2.31. The summed E-state index contributed by atoms with van der Waals surface area (Å²) in [4.78, 5) is 7.46. The third kappa shape index (κ3) is 5.26. The SMILES string of the molecule is CC(C)CNCc1csc(N(CC(C)C)C2CCCC2)n1. The van der Waals surface area contributed by atoms with Gasteiger partial charge in [-0.3, -0.25) is 0 Å². The Kier molecular flexibility index (Phi) is 6.49. The first kappa shape index (κ1) is 16.8. The Labute approximate surface area is 134 Å². The number of anilines is 1. The number of thiazole rings is 1. The molecule has 0 aromatic carbocycles. The molecule has 0 spiro atoms. The maximum absolute atomic E-state index is 4.89. The van der Waals surface area contributed by atoms with Crippen molar-refractivity contribution in [2.45, 2.75) is 66.0 Å². The Morgan fingerprint density at radius 1 is 1.24 bits per heavy atom. The van der Waals surface area contributed by atoms with Gasteiger partial charge in [0.25, 0.3) is 0 Å². The molecule has 0 atom stereocenters. The van der Waals surface area contributed by atoms with Crippen molar-refractivity contribution in [1.82, 2.24) is 10.3 Å². The first-order valence-electron chi connectivity index (χ1n) is 8.48. The van der Waals surface area contributed by atoms with Crippen molar-refractivity contribution >= 4 is 16.5 Å². The lowest BCUT2D eigenvalue weighted by Gasteiger charge is -2.30. The maximum atomic E-state index is 4.89. The van der Waals surface area contributed by atoms with E-state index in [0.717, 1.165) is 25.7 Å². The molecule has 1 fully saturated rings. The van der Waals surface area contributed by atoms with E-state index < -0.39 is 0 Å². The van der Waals surface area contributed by atoms with Gasteiger partial charge in [-0.05, 0) is 31.2 Å². The van der Waals surface area contributed by atoms with Crippen LogP contribution < -0.4 is 10.2 Å². The highest BCUT2D eigenvalue weighted by atomic mass is 32.1. The highest BCUT2D eigenvalue weighted by Gasteiger charge is 2.25. The fraction of sp³-hybridized carbons (Fsp3) is 0.824. The van der Waals surface area contributed by atoms with Crippen molar-refractivity contribution in [3.05, 3.63) is 11.1 Å². The van der Waals surface area contributed by atoms with E-state index in [-0.39, 0.29) is 0 Å². The number of hydrogen-bond donors (Lipinski definition) is 1. The largest absolute Gasteiger partial charge is 0.345 e. The molecule has 0 aliphatic heterocycles. The molecule has 0 bridgehead atoms. The monoisotopic (exact) mass is 309 g/mol. The molecule has 1 heterocycles. The first-order chi connectivity index (χ1) is 10.1.